The summed E-state index contributed by atoms with van der Waals surface area (Å²) in [7, 11) is 0. The van der Waals surface area contributed by atoms with Gasteiger partial charge in [-0.05, 0) is 134 Å². The molecule has 0 amide bonds. The predicted molar refractivity (Wildman–Crippen MR) is 240 cm³/mol. The molecule has 3 aliphatic rings. The summed E-state index contributed by atoms with van der Waals surface area (Å²) in [4.78, 5) is 10.7. The maximum Gasteiger partial charge on any atom is 0.159 e. The molecule has 1 unspecified atom stereocenters. The number of hydrogen-bond donors (Lipinski definition) is 1. The number of fused-ring (bicyclic) bond motifs is 9. The SMILES string of the molecule is CC1(C)CCC(C)(C)c2cc3c(cc21)c1c2ccccc2ccc1n3-c1ccc(C2=NC(c3cc4ccccc4c4c3CCC=C4)=NC(c3ccccc3)N2)cc1. The molecule has 0 saturated carbocycles. The molecule has 0 spiro atoms. The van der Waals surface area contributed by atoms with Gasteiger partial charge in [0.1, 0.15) is 12.0 Å². The average molecular weight is 739 g/mol. The average Bonchev–Trinajstić information content (AvgIpc) is 3.59. The van der Waals surface area contributed by atoms with Gasteiger partial charge in [-0.25, -0.2) is 9.98 Å². The molecule has 278 valence electrons. The number of aliphatic imine (C=N–C) groups is 2. The molecule has 4 heteroatoms. The second kappa shape index (κ2) is 12.6. The summed E-state index contributed by atoms with van der Waals surface area (Å²) in [6, 6.07) is 49.0. The highest BCUT2D eigenvalue weighted by molar-refractivity contribution is 6.22. The molecule has 1 N–H and O–H groups in total. The van der Waals surface area contributed by atoms with Crippen molar-refractivity contribution < 1.29 is 0 Å². The molecule has 0 fully saturated rings. The number of hydrogen-bond acceptors (Lipinski definition) is 3. The minimum Gasteiger partial charge on any atom is -0.344 e. The lowest BCUT2D eigenvalue weighted by Crippen LogP contribution is -2.34. The lowest BCUT2D eigenvalue weighted by atomic mass is 9.63. The van der Waals surface area contributed by atoms with Crippen LogP contribution in [0.25, 0.3) is 55.1 Å². The Morgan fingerprint density at radius 3 is 2.14 bits per heavy atom. The van der Waals surface area contributed by atoms with Gasteiger partial charge in [0.25, 0.3) is 0 Å². The van der Waals surface area contributed by atoms with Crippen molar-refractivity contribution in [1.29, 1.82) is 0 Å². The summed E-state index contributed by atoms with van der Waals surface area (Å²) < 4.78 is 2.49. The maximum atomic E-state index is 5.34. The standard InChI is InChI=1S/C53H46N4/c1-52(2)28-29-53(3,4)45-32-47-43(31-44(45)52)48-39-19-11-8-14-33(39)24-27-46(48)57(47)37-25-22-35(23-26-37)50-54-49(34-15-6-5-7-16-34)55-51(56-50)42-30-36-17-9-10-18-38(36)40-20-12-13-21-41(40)42/h5-12,14-20,22-27,30-32,49H,13,21,28-29H2,1-4H3,(H,54,55,56). The Balaban J connectivity index is 1.08. The summed E-state index contributed by atoms with van der Waals surface area (Å²) in [6.07, 6.45) is 8.68. The number of amidine groups is 2. The van der Waals surface area contributed by atoms with Crippen LogP contribution in [0.1, 0.15) is 92.1 Å². The largest absolute Gasteiger partial charge is 0.344 e. The summed E-state index contributed by atoms with van der Waals surface area (Å²) >= 11 is 0. The van der Waals surface area contributed by atoms with E-state index in [9.17, 15) is 0 Å². The van der Waals surface area contributed by atoms with Crippen LogP contribution < -0.4 is 5.32 Å². The van der Waals surface area contributed by atoms with E-state index in [4.69, 9.17) is 9.98 Å². The van der Waals surface area contributed by atoms with Crippen LogP contribution in [0, 0.1) is 0 Å². The van der Waals surface area contributed by atoms with Crippen molar-refractivity contribution in [1.82, 2.24) is 9.88 Å². The lowest BCUT2D eigenvalue weighted by Gasteiger charge is -2.42. The highest BCUT2D eigenvalue weighted by atomic mass is 15.2. The van der Waals surface area contributed by atoms with Gasteiger partial charge in [0.2, 0.25) is 0 Å². The molecule has 0 radical (unpaired) electrons. The first-order valence-corrected chi connectivity index (χ1v) is 20.5. The Morgan fingerprint density at radius 2 is 1.35 bits per heavy atom. The third kappa shape index (κ3) is 5.41. The second-order valence-corrected chi connectivity index (χ2v) is 17.6. The van der Waals surface area contributed by atoms with Crippen molar-refractivity contribution in [2.45, 2.75) is 70.4 Å². The molecule has 1 aromatic heterocycles. The highest BCUT2D eigenvalue weighted by Crippen LogP contribution is 2.49. The van der Waals surface area contributed by atoms with E-state index in [1.807, 2.05) is 0 Å². The van der Waals surface area contributed by atoms with Crippen LogP contribution in [0.4, 0.5) is 0 Å². The van der Waals surface area contributed by atoms with Gasteiger partial charge < -0.3 is 9.88 Å². The molecule has 57 heavy (non-hydrogen) atoms. The highest BCUT2D eigenvalue weighted by Gasteiger charge is 2.38. The fourth-order valence-corrected chi connectivity index (χ4v) is 9.92. The molecule has 7 aromatic carbocycles. The first-order valence-electron chi connectivity index (χ1n) is 20.5. The summed E-state index contributed by atoms with van der Waals surface area (Å²) in [5.74, 6) is 1.61. The molecule has 11 rings (SSSR count). The van der Waals surface area contributed by atoms with Crippen LogP contribution in [0.5, 0.6) is 0 Å². The van der Waals surface area contributed by atoms with Crippen molar-refractivity contribution >= 4 is 61.1 Å². The molecule has 0 bridgehead atoms. The van der Waals surface area contributed by atoms with Crippen LogP contribution in [-0.4, -0.2) is 16.2 Å². The molecule has 4 nitrogen and oxygen atoms in total. The molecular weight excluding hydrogens is 693 g/mol. The number of allylic oxidation sites excluding steroid dienone is 1. The van der Waals surface area contributed by atoms with Crippen molar-refractivity contribution in [3.63, 3.8) is 0 Å². The first kappa shape index (κ1) is 34.0. The molecular formula is C53H46N4. The molecule has 2 heterocycles. The Kier molecular flexibility index (Phi) is 7.54. The van der Waals surface area contributed by atoms with Gasteiger partial charge >= 0.3 is 0 Å². The zero-order chi connectivity index (χ0) is 38.5. The van der Waals surface area contributed by atoms with E-state index in [2.05, 4.69) is 183 Å². The van der Waals surface area contributed by atoms with E-state index in [-0.39, 0.29) is 17.0 Å². The summed E-state index contributed by atoms with van der Waals surface area (Å²) in [5.41, 5.74) is 12.7. The zero-order valence-corrected chi connectivity index (χ0v) is 33.1. The van der Waals surface area contributed by atoms with E-state index < -0.39 is 0 Å². The zero-order valence-electron chi connectivity index (χ0n) is 33.1. The summed E-state index contributed by atoms with van der Waals surface area (Å²) in [5, 5.41) is 11.4. The van der Waals surface area contributed by atoms with Gasteiger partial charge in [0.15, 0.2) is 5.84 Å². The smallest absolute Gasteiger partial charge is 0.159 e. The van der Waals surface area contributed by atoms with E-state index in [0.29, 0.717) is 0 Å². The van der Waals surface area contributed by atoms with Crippen LogP contribution in [0.15, 0.2) is 150 Å². The Labute approximate surface area is 334 Å². The van der Waals surface area contributed by atoms with E-state index in [0.717, 1.165) is 46.9 Å². The van der Waals surface area contributed by atoms with Crippen LogP contribution in [0.3, 0.4) is 0 Å². The molecule has 1 atom stereocenters. The van der Waals surface area contributed by atoms with Crippen molar-refractivity contribution in [2.24, 2.45) is 9.98 Å². The van der Waals surface area contributed by atoms with Gasteiger partial charge in [-0.3, -0.25) is 0 Å². The Hall–Kier alpha value is -6.26. The molecule has 0 saturated heterocycles. The number of rotatable bonds is 4. The van der Waals surface area contributed by atoms with E-state index in [1.165, 1.54) is 78.4 Å². The quantitative estimate of drug-likeness (QED) is 0.192. The number of nitrogens with one attached hydrogen (secondary N) is 1. The van der Waals surface area contributed by atoms with E-state index in [1.54, 1.807) is 0 Å². The van der Waals surface area contributed by atoms with Crippen LogP contribution in [0.2, 0.25) is 0 Å². The predicted octanol–water partition coefficient (Wildman–Crippen LogP) is 12.9. The minimum atomic E-state index is -0.265. The monoisotopic (exact) mass is 738 g/mol. The third-order valence-electron chi connectivity index (χ3n) is 13.2. The molecule has 8 aromatic rings. The molecule has 1 aliphatic heterocycles. The maximum absolute atomic E-state index is 5.34. The van der Waals surface area contributed by atoms with Gasteiger partial charge in [0, 0.05) is 27.6 Å². The second-order valence-electron chi connectivity index (χ2n) is 17.6. The number of benzene rings is 7. The van der Waals surface area contributed by atoms with Crippen molar-refractivity contribution in [3.8, 4) is 5.69 Å². The van der Waals surface area contributed by atoms with Crippen LogP contribution >= 0.6 is 0 Å². The van der Waals surface area contributed by atoms with Gasteiger partial charge in [-0.1, -0.05) is 125 Å². The number of nitrogens with zero attached hydrogens (tertiary/aromatic N) is 3. The summed E-state index contributed by atoms with van der Waals surface area (Å²) in [6.45, 7) is 9.70. The normalized spacial score (nSPS) is 18.3. The van der Waals surface area contributed by atoms with Crippen molar-refractivity contribution in [3.05, 3.63) is 178 Å². The lowest BCUT2D eigenvalue weighted by molar-refractivity contribution is 0.332. The van der Waals surface area contributed by atoms with Gasteiger partial charge in [-0.15, -0.1) is 0 Å². The Morgan fingerprint density at radius 1 is 0.649 bits per heavy atom. The number of aromatic nitrogens is 1. The minimum absolute atomic E-state index is 0.103. The fourth-order valence-electron chi connectivity index (χ4n) is 9.92. The fraction of sp³-hybridized carbons (Fsp3) is 0.208. The third-order valence-corrected chi connectivity index (χ3v) is 13.2. The van der Waals surface area contributed by atoms with Crippen molar-refractivity contribution in [2.75, 3.05) is 0 Å². The molecule has 2 aliphatic carbocycles. The topological polar surface area (TPSA) is 41.7 Å². The van der Waals surface area contributed by atoms with Gasteiger partial charge in [0.05, 0.1) is 11.0 Å². The first-order chi connectivity index (χ1) is 27.7. The van der Waals surface area contributed by atoms with E-state index >= 15 is 0 Å². The Bertz CT molecular complexity index is 3030. The van der Waals surface area contributed by atoms with Gasteiger partial charge in [-0.2, -0.15) is 0 Å². The van der Waals surface area contributed by atoms with Crippen LogP contribution in [-0.2, 0) is 17.3 Å².